The molecular weight excluding hydrogens is 154 g/mol. The first kappa shape index (κ1) is 8.62. The van der Waals surface area contributed by atoms with Gasteiger partial charge < -0.3 is 15.9 Å². The van der Waals surface area contributed by atoms with Crippen molar-refractivity contribution in [2.45, 2.75) is 6.04 Å². The Morgan fingerprint density at radius 1 is 1.25 bits per heavy atom. The first-order valence-electron chi connectivity index (χ1n) is 3.54. The number of phenolic OH excluding ortho intramolecular Hbond substituents is 2. The monoisotopic (exact) mass is 165 g/mol. The van der Waals surface area contributed by atoms with Gasteiger partial charge in [-0.1, -0.05) is 6.08 Å². The summed E-state index contributed by atoms with van der Waals surface area (Å²) in [6, 6.07) is 3.88. The summed E-state index contributed by atoms with van der Waals surface area (Å²) in [4.78, 5) is 0. The van der Waals surface area contributed by atoms with Gasteiger partial charge in [-0.05, 0) is 17.7 Å². The molecule has 3 heteroatoms. The van der Waals surface area contributed by atoms with Crippen molar-refractivity contribution >= 4 is 0 Å². The van der Waals surface area contributed by atoms with E-state index in [4.69, 9.17) is 15.9 Å². The average molecular weight is 165 g/mol. The molecule has 12 heavy (non-hydrogen) atoms. The Morgan fingerprint density at radius 2 is 1.75 bits per heavy atom. The van der Waals surface area contributed by atoms with Crippen LogP contribution in [0.15, 0.2) is 30.9 Å². The highest BCUT2D eigenvalue weighted by atomic mass is 16.3. The lowest BCUT2D eigenvalue weighted by molar-refractivity contribution is 0.449. The van der Waals surface area contributed by atoms with Gasteiger partial charge in [0.15, 0.2) is 0 Å². The molecule has 0 aliphatic rings. The molecule has 0 saturated carbocycles. The molecule has 0 fully saturated rings. The Bertz CT molecular complexity index is 276. The van der Waals surface area contributed by atoms with Crippen LogP contribution in [0.2, 0.25) is 0 Å². The van der Waals surface area contributed by atoms with E-state index in [2.05, 4.69) is 6.58 Å². The van der Waals surface area contributed by atoms with E-state index >= 15 is 0 Å². The van der Waals surface area contributed by atoms with Crippen LogP contribution in [0.5, 0.6) is 11.5 Å². The number of rotatable bonds is 2. The van der Waals surface area contributed by atoms with E-state index in [0.29, 0.717) is 5.56 Å². The fourth-order valence-electron chi connectivity index (χ4n) is 0.947. The maximum absolute atomic E-state index is 9.09. The van der Waals surface area contributed by atoms with Gasteiger partial charge in [-0.3, -0.25) is 0 Å². The van der Waals surface area contributed by atoms with Crippen LogP contribution in [0.25, 0.3) is 0 Å². The molecule has 0 amide bonds. The number of hydrogen-bond donors (Lipinski definition) is 3. The van der Waals surface area contributed by atoms with E-state index in [1.165, 1.54) is 24.3 Å². The molecule has 64 valence electrons. The molecule has 1 atom stereocenters. The molecule has 0 radical (unpaired) electrons. The molecule has 1 rings (SSSR count). The van der Waals surface area contributed by atoms with E-state index in [9.17, 15) is 0 Å². The van der Waals surface area contributed by atoms with Gasteiger partial charge in [-0.15, -0.1) is 6.58 Å². The summed E-state index contributed by atoms with van der Waals surface area (Å²) in [7, 11) is 0. The minimum atomic E-state index is -0.358. The first-order chi connectivity index (χ1) is 5.63. The third kappa shape index (κ3) is 1.77. The van der Waals surface area contributed by atoms with Crippen LogP contribution in [-0.4, -0.2) is 10.2 Å². The second-order valence-corrected chi connectivity index (χ2v) is 2.54. The summed E-state index contributed by atoms with van der Waals surface area (Å²) < 4.78 is 0. The molecule has 0 aromatic heterocycles. The fourth-order valence-corrected chi connectivity index (χ4v) is 0.947. The highest BCUT2D eigenvalue weighted by Crippen LogP contribution is 2.23. The summed E-state index contributed by atoms with van der Waals surface area (Å²) in [6.07, 6.45) is 1.54. The van der Waals surface area contributed by atoms with Crippen molar-refractivity contribution in [3.63, 3.8) is 0 Å². The maximum atomic E-state index is 9.09. The van der Waals surface area contributed by atoms with Gasteiger partial charge in [-0.25, -0.2) is 0 Å². The molecule has 3 nitrogen and oxygen atoms in total. The smallest absolute Gasteiger partial charge is 0.119 e. The van der Waals surface area contributed by atoms with Crippen LogP contribution in [0.4, 0.5) is 0 Å². The molecule has 0 unspecified atom stereocenters. The maximum Gasteiger partial charge on any atom is 0.119 e. The number of aromatic hydroxyl groups is 2. The van der Waals surface area contributed by atoms with Gasteiger partial charge in [0.25, 0.3) is 0 Å². The lowest BCUT2D eigenvalue weighted by atomic mass is 10.1. The van der Waals surface area contributed by atoms with Gasteiger partial charge in [0.1, 0.15) is 11.5 Å². The molecule has 0 saturated heterocycles. The molecule has 0 spiro atoms. The van der Waals surface area contributed by atoms with Crippen LogP contribution in [0, 0.1) is 0 Å². The van der Waals surface area contributed by atoms with Crippen molar-refractivity contribution in [1.29, 1.82) is 0 Å². The van der Waals surface area contributed by atoms with Gasteiger partial charge in [0.2, 0.25) is 0 Å². The topological polar surface area (TPSA) is 66.5 Å². The molecule has 0 aliphatic heterocycles. The van der Waals surface area contributed by atoms with Gasteiger partial charge in [-0.2, -0.15) is 0 Å². The first-order valence-corrected chi connectivity index (χ1v) is 3.54. The summed E-state index contributed by atoms with van der Waals surface area (Å²) in [5.41, 5.74) is 6.23. The summed E-state index contributed by atoms with van der Waals surface area (Å²) in [5, 5.41) is 18.2. The van der Waals surface area contributed by atoms with Crippen molar-refractivity contribution in [2.24, 2.45) is 5.73 Å². The zero-order valence-corrected chi connectivity index (χ0v) is 6.57. The fraction of sp³-hybridized carbons (Fsp3) is 0.111. The van der Waals surface area contributed by atoms with E-state index < -0.39 is 0 Å². The highest BCUT2D eigenvalue weighted by molar-refractivity contribution is 5.38. The second-order valence-electron chi connectivity index (χ2n) is 2.54. The van der Waals surface area contributed by atoms with E-state index in [0.717, 1.165) is 0 Å². The standard InChI is InChI=1S/C9H11NO2/c1-2-9(10)6-3-7(11)5-8(12)4-6/h2-5,9,11-12H,1,10H2/t9-/m0/s1. The summed E-state index contributed by atoms with van der Waals surface area (Å²) in [5.74, 6) is 0.00426. The van der Waals surface area contributed by atoms with Gasteiger partial charge in [0.05, 0.1) is 0 Å². The van der Waals surface area contributed by atoms with Crippen molar-refractivity contribution in [1.82, 2.24) is 0 Å². The van der Waals surface area contributed by atoms with Crippen molar-refractivity contribution < 1.29 is 10.2 Å². The number of benzene rings is 1. The zero-order chi connectivity index (χ0) is 9.14. The van der Waals surface area contributed by atoms with E-state index in [1.54, 1.807) is 0 Å². The Morgan fingerprint density at radius 3 is 2.17 bits per heavy atom. The summed E-state index contributed by atoms with van der Waals surface area (Å²) >= 11 is 0. The normalized spacial score (nSPS) is 12.4. The van der Waals surface area contributed by atoms with E-state index in [-0.39, 0.29) is 17.5 Å². The Labute approximate surface area is 70.8 Å². The quantitative estimate of drug-likeness (QED) is 0.578. The number of nitrogens with two attached hydrogens (primary N) is 1. The minimum Gasteiger partial charge on any atom is -0.508 e. The molecular formula is C9H11NO2. The Balaban J connectivity index is 3.08. The molecule has 0 bridgehead atoms. The van der Waals surface area contributed by atoms with Gasteiger partial charge >= 0.3 is 0 Å². The van der Waals surface area contributed by atoms with Gasteiger partial charge in [0, 0.05) is 12.1 Å². The van der Waals surface area contributed by atoms with Crippen molar-refractivity contribution in [3.05, 3.63) is 36.4 Å². The number of hydrogen-bond acceptors (Lipinski definition) is 3. The SMILES string of the molecule is C=C[C@H](N)c1cc(O)cc(O)c1. The Hall–Kier alpha value is -1.48. The largest absolute Gasteiger partial charge is 0.508 e. The highest BCUT2D eigenvalue weighted by Gasteiger charge is 2.03. The van der Waals surface area contributed by atoms with E-state index in [1.807, 2.05) is 0 Å². The van der Waals surface area contributed by atoms with Crippen LogP contribution in [0.3, 0.4) is 0 Å². The summed E-state index contributed by atoms with van der Waals surface area (Å²) in [6.45, 7) is 3.51. The molecule has 0 aliphatic carbocycles. The Kier molecular flexibility index (Phi) is 2.35. The van der Waals surface area contributed by atoms with Crippen LogP contribution < -0.4 is 5.73 Å². The van der Waals surface area contributed by atoms with Crippen LogP contribution in [-0.2, 0) is 0 Å². The molecule has 0 heterocycles. The van der Waals surface area contributed by atoms with Crippen molar-refractivity contribution in [2.75, 3.05) is 0 Å². The third-order valence-corrected chi connectivity index (χ3v) is 1.56. The lowest BCUT2D eigenvalue weighted by Gasteiger charge is -2.07. The lowest BCUT2D eigenvalue weighted by Crippen LogP contribution is -2.05. The average Bonchev–Trinajstić information content (AvgIpc) is 2.01. The zero-order valence-electron chi connectivity index (χ0n) is 6.57. The second kappa shape index (κ2) is 3.28. The number of phenols is 2. The molecule has 1 aromatic carbocycles. The van der Waals surface area contributed by atoms with Crippen LogP contribution in [0.1, 0.15) is 11.6 Å². The molecule has 4 N–H and O–H groups in total. The van der Waals surface area contributed by atoms with Crippen molar-refractivity contribution in [3.8, 4) is 11.5 Å². The molecule has 1 aromatic rings. The predicted octanol–water partition coefficient (Wildman–Crippen LogP) is 1.28. The minimum absolute atomic E-state index is 0.00213. The predicted molar refractivity (Wildman–Crippen MR) is 46.9 cm³/mol. The third-order valence-electron chi connectivity index (χ3n) is 1.56. The van der Waals surface area contributed by atoms with Crippen LogP contribution >= 0.6 is 0 Å².